The van der Waals surface area contributed by atoms with Crippen molar-refractivity contribution in [3.05, 3.63) is 28.8 Å². The number of hydrogen-bond acceptors (Lipinski definition) is 3. The van der Waals surface area contributed by atoms with Gasteiger partial charge in [-0.15, -0.1) is 0 Å². The number of halogens is 1. The van der Waals surface area contributed by atoms with Crippen LogP contribution in [0.5, 0.6) is 0 Å². The molecule has 7 heteroatoms. The molecular weight excluding hydrogens is 372 g/mol. The lowest BCUT2D eigenvalue weighted by Crippen LogP contribution is -2.36. The summed E-state index contributed by atoms with van der Waals surface area (Å²) in [5, 5.41) is 3.20. The van der Waals surface area contributed by atoms with Crippen LogP contribution in [-0.2, 0) is 10.0 Å². The largest absolute Gasteiger partial charge is 0.349 e. The normalized spacial score (nSPS) is 20.5. The zero-order chi connectivity index (χ0) is 18.6. The number of nitrogens with zero attached hydrogens (tertiary/aromatic N) is 1. The Morgan fingerprint density at radius 2 is 1.62 bits per heavy atom. The first-order chi connectivity index (χ1) is 12.5. The molecule has 144 valence electrons. The van der Waals surface area contributed by atoms with Crippen LogP contribution in [0, 0.1) is 0 Å². The monoisotopic (exact) mass is 398 g/mol. The smallest absolute Gasteiger partial charge is 0.251 e. The van der Waals surface area contributed by atoms with Crippen molar-refractivity contribution in [2.75, 3.05) is 13.1 Å². The lowest BCUT2D eigenvalue weighted by molar-refractivity contribution is 0.0927. The molecule has 1 saturated carbocycles. The molecule has 2 fully saturated rings. The number of carbonyl (C=O) groups is 1. The van der Waals surface area contributed by atoms with Gasteiger partial charge in [-0.05, 0) is 43.9 Å². The van der Waals surface area contributed by atoms with E-state index in [0.29, 0.717) is 18.7 Å². The molecule has 1 heterocycles. The Bertz CT molecular complexity index is 737. The maximum Gasteiger partial charge on any atom is 0.251 e. The SMILES string of the molecule is O=C(NC1CCCCC1)c1ccc(Cl)c(S(=O)(=O)N2CCCCCC2)c1. The summed E-state index contributed by atoms with van der Waals surface area (Å²) in [7, 11) is -3.68. The van der Waals surface area contributed by atoms with Crippen molar-refractivity contribution in [3.63, 3.8) is 0 Å². The lowest BCUT2D eigenvalue weighted by Gasteiger charge is -2.23. The van der Waals surface area contributed by atoms with E-state index in [9.17, 15) is 13.2 Å². The van der Waals surface area contributed by atoms with Crippen molar-refractivity contribution in [2.24, 2.45) is 0 Å². The highest BCUT2D eigenvalue weighted by atomic mass is 35.5. The number of hydrogen-bond donors (Lipinski definition) is 1. The first-order valence-corrected chi connectivity index (χ1v) is 11.4. The maximum atomic E-state index is 13.0. The van der Waals surface area contributed by atoms with Gasteiger partial charge in [-0.1, -0.05) is 43.7 Å². The average Bonchev–Trinajstić information content (AvgIpc) is 2.92. The lowest BCUT2D eigenvalue weighted by atomic mass is 9.95. The summed E-state index contributed by atoms with van der Waals surface area (Å²) in [6.45, 7) is 1.02. The second-order valence-electron chi connectivity index (χ2n) is 7.27. The van der Waals surface area contributed by atoms with Gasteiger partial charge in [0, 0.05) is 24.7 Å². The van der Waals surface area contributed by atoms with Gasteiger partial charge in [0.25, 0.3) is 5.91 Å². The van der Waals surface area contributed by atoms with Crippen molar-refractivity contribution in [3.8, 4) is 0 Å². The van der Waals surface area contributed by atoms with Gasteiger partial charge >= 0.3 is 0 Å². The summed E-state index contributed by atoms with van der Waals surface area (Å²) >= 11 is 6.20. The summed E-state index contributed by atoms with van der Waals surface area (Å²) in [5.74, 6) is -0.221. The molecule has 2 aliphatic rings. The van der Waals surface area contributed by atoms with Crippen LogP contribution < -0.4 is 5.32 Å². The first-order valence-electron chi connectivity index (χ1n) is 9.59. The van der Waals surface area contributed by atoms with Crippen molar-refractivity contribution in [2.45, 2.75) is 68.7 Å². The second-order valence-corrected chi connectivity index (χ2v) is 9.59. The van der Waals surface area contributed by atoms with E-state index in [0.717, 1.165) is 51.4 Å². The molecule has 1 amide bonds. The Morgan fingerprint density at radius 1 is 1.00 bits per heavy atom. The van der Waals surface area contributed by atoms with E-state index in [2.05, 4.69) is 5.32 Å². The minimum atomic E-state index is -3.68. The summed E-state index contributed by atoms with van der Waals surface area (Å²) in [6.07, 6.45) is 9.24. The molecule has 3 rings (SSSR count). The highest BCUT2D eigenvalue weighted by Gasteiger charge is 2.28. The molecule has 1 aliphatic heterocycles. The van der Waals surface area contributed by atoms with E-state index in [1.54, 1.807) is 6.07 Å². The molecule has 1 aromatic rings. The number of rotatable bonds is 4. The molecule has 1 aliphatic carbocycles. The van der Waals surface area contributed by atoms with Gasteiger partial charge in [0.1, 0.15) is 4.90 Å². The molecular formula is C19H27ClN2O3S. The van der Waals surface area contributed by atoms with Gasteiger partial charge in [0.2, 0.25) is 10.0 Å². The second kappa shape index (κ2) is 8.72. The van der Waals surface area contributed by atoms with Crippen LogP contribution in [-0.4, -0.2) is 37.8 Å². The van der Waals surface area contributed by atoms with Crippen LogP contribution in [0.25, 0.3) is 0 Å². The molecule has 0 unspecified atom stereocenters. The molecule has 5 nitrogen and oxygen atoms in total. The number of benzene rings is 1. The molecule has 26 heavy (non-hydrogen) atoms. The highest BCUT2D eigenvalue weighted by Crippen LogP contribution is 2.28. The molecule has 0 bridgehead atoms. The fraction of sp³-hybridized carbons (Fsp3) is 0.632. The fourth-order valence-electron chi connectivity index (χ4n) is 3.78. The zero-order valence-electron chi connectivity index (χ0n) is 15.0. The van der Waals surface area contributed by atoms with E-state index in [4.69, 9.17) is 11.6 Å². The van der Waals surface area contributed by atoms with Crippen molar-refractivity contribution in [1.29, 1.82) is 0 Å². The van der Waals surface area contributed by atoms with Crippen LogP contribution in [0.4, 0.5) is 0 Å². The van der Waals surface area contributed by atoms with E-state index < -0.39 is 10.0 Å². The Morgan fingerprint density at radius 3 is 2.27 bits per heavy atom. The summed E-state index contributed by atoms with van der Waals surface area (Å²) < 4.78 is 27.6. The van der Waals surface area contributed by atoms with Gasteiger partial charge in [-0.2, -0.15) is 4.31 Å². The van der Waals surface area contributed by atoms with Crippen molar-refractivity contribution >= 4 is 27.5 Å². The molecule has 0 atom stereocenters. The minimum Gasteiger partial charge on any atom is -0.349 e. The molecule has 0 aromatic heterocycles. The third-order valence-electron chi connectivity index (χ3n) is 5.32. The predicted molar refractivity (Wildman–Crippen MR) is 103 cm³/mol. The molecule has 1 saturated heterocycles. The van der Waals surface area contributed by atoms with Crippen LogP contribution in [0.3, 0.4) is 0 Å². The van der Waals surface area contributed by atoms with Crippen molar-refractivity contribution < 1.29 is 13.2 Å². The summed E-state index contributed by atoms with van der Waals surface area (Å²) in [4.78, 5) is 12.6. The number of carbonyl (C=O) groups excluding carboxylic acids is 1. The quantitative estimate of drug-likeness (QED) is 0.834. The highest BCUT2D eigenvalue weighted by molar-refractivity contribution is 7.89. The van der Waals surface area contributed by atoms with Crippen molar-refractivity contribution in [1.82, 2.24) is 9.62 Å². The predicted octanol–water partition coefficient (Wildman–Crippen LogP) is 3.97. The van der Waals surface area contributed by atoms with Gasteiger partial charge in [0.05, 0.1) is 5.02 Å². The summed E-state index contributed by atoms with van der Waals surface area (Å²) in [5.41, 5.74) is 0.355. The Balaban J connectivity index is 1.81. The van der Waals surface area contributed by atoms with Gasteiger partial charge in [-0.25, -0.2) is 8.42 Å². The maximum absolute atomic E-state index is 13.0. The molecule has 1 N–H and O–H groups in total. The van der Waals surface area contributed by atoms with Crippen LogP contribution in [0.2, 0.25) is 5.02 Å². The van der Waals surface area contributed by atoms with Gasteiger partial charge in [-0.3, -0.25) is 4.79 Å². The zero-order valence-corrected chi connectivity index (χ0v) is 16.6. The standard InChI is InChI=1S/C19H27ClN2O3S/c20-17-11-10-15(19(23)21-16-8-4-3-5-9-16)14-18(17)26(24,25)22-12-6-1-2-7-13-22/h10-11,14,16H,1-9,12-13H2,(H,21,23). The number of nitrogens with one attached hydrogen (secondary N) is 1. The van der Waals surface area contributed by atoms with Crippen LogP contribution in [0.15, 0.2) is 23.1 Å². The van der Waals surface area contributed by atoms with Gasteiger partial charge in [0.15, 0.2) is 0 Å². The van der Waals surface area contributed by atoms with Gasteiger partial charge < -0.3 is 5.32 Å². The Labute approximate surface area is 161 Å². The Hall–Kier alpha value is -1.11. The number of amides is 1. The van der Waals surface area contributed by atoms with Crippen LogP contribution >= 0.6 is 11.6 Å². The number of sulfonamides is 1. The van der Waals surface area contributed by atoms with E-state index >= 15 is 0 Å². The van der Waals surface area contributed by atoms with E-state index in [1.165, 1.54) is 22.9 Å². The third-order valence-corrected chi connectivity index (χ3v) is 7.70. The van der Waals surface area contributed by atoms with E-state index in [1.807, 2.05) is 0 Å². The topological polar surface area (TPSA) is 66.5 Å². The average molecular weight is 399 g/mol. The fourth-order valence-corrected chi connectivity index (χ4v) is 5.80. The molecule has 0 radical (unpaired) electrons. The third kappa shape index (κ3) is 4.59. The summed E-state index contributed by atoms with van der Waals surface area (Å²) in [6, 6.07) is 4.72. The molecule has 1 aromatic carbocycles. The first kappa shape index (κ1) is 19.6. The van der Waals surface area contributed by atoms with Crippen LogP contribution in [0.1, 0.15) is 68.1 Å². The Kier molecular flexibility index (Phi) is 6.59. The van der Waals surface area contributed by atoms with E-state index in [-0.39, 0.29) is 21.9 Å². The minimum absolute atomic E-state index is 0.0392. The molecule has 0 spiro atoms.